The van der Waals surface area contributed by atoms with Crippen LogP contribution in [-0.2, 0) is 5.41 Å². The number of para-hydroxylation sites is 1. The van der Waals surface area contributed by atoms with Crippen molar-refractivity contribution in [3.63, 3.8) is 0 Å². The van der Waals surface area contributed by atoms with Crippen molar-refractivity contribution >= 4 is 28.4 Å². The second-order valence-electron chi connectivity index (χ2n) is 5.65. The second-order valence-corrected chi connectivity index (χ2v) is 6.81. The molecule has 0 atom stereocenters. The predicted molar refractivity (Wildman–Crippen MR) is 89.1 cm³/mol. The SMILES string of the molecule is Cc1c(N)nc(C(C)(C)C)nc1Oc1ccccc1I. The van der Waals surface area contributed by atoms with Crippen LogP contribution in [0.2, 0.25) is 0 Å². The van der Waals surface area contributed by atoms with Crippen molar-refractivity contribution in [2.75, 3.05) is 5.73 Å². The van der Waals surface area contributed by atoms with Crippen LogP contribution in [0.3, 0.4) is 0 Å². The first kappa shape index (κ1) is 15.0. The van der Waals surface area contributed by atoms with Crippen LogP contribution in [0.15, 0.2) is 24.3 Å². The van der Waals surface area contributed by atoms with Crippen LogP contribution >= 0.6 is 22.6 Å². The topological polar surface area (TPSA) is 61.0 Å². The molecule has 0 radical (unpaired) electrons. The molecule has 5 heteroatoms. The van der Waals surface area contributed by atoms with E-state index in [1.54, 1.807) is 0 Å². The van der Waals surface area contributed by atoms with Crippen LogP contribution in [0.1, 0.15) is 32.2 Å². The molecule has 0 saturated carbocycles. The van der Waals surface area contributed by atoms with Crippen molar-refractivity contribution in [3.8, 4) is 11.6 Å². The zero-order valence-electron chi connectivity index (χ0n) is 12.1. The summed E-state index contributed by atoms with van der Waals surface area (Å²) in [6, 6.07) is 7.80. The van der Waals surface area contributed by atoms with Gasteiger partial charge < -0.3 is 10.5 Å². The van der Waals surface area contributed by atoms with Gasteiger partial charge >= 0.3 is 0 Å². The molecule has 2 rings (SSSR count). The fourth-order valence-corrected chi connectivity index (χ4v) is 2.08. The van der Waals surface area contributed by atoms with Gasteiger partial charge in [0, 0.05) is 5.41 Å². The quantitative estimate of drug-likeness (QED) is 0.795. The minimum atomic E-state index is -0.177. The predicted octanol–water partition coefficient (Wildman–Crippen LogP) is 4.06. The van der Waals surface area contributed by atoms with E-state index in [-0.39, 0.29) is 5.41 Å². The maximum atomic E-state index is 5.98. The standard InChI is InChI=1S/C15H18IN3O/c1-9-12(17)18-14(15(2,3)4)19-13(9)20-11-8-6-5-7-10(11)16/h5-8H,1-4H3,(H2,17,18,19). The van der Waals surface area contributed by atoms with Gasteiger partial charge in [-0.05, 0) is 41.6 Å². The molecule has 0 aliphatic carbocycles. The van der Waals surface area contributed by atoms with Gasteiger partial charge in [-0.1, -0.05) is 32.9 Å². The lowest BCUT2D eigenvalue weighted by atomic mass is 9.95. The summed E-state index contributed by atoms with van der Waals surface area (Å²) < 4.78 is 6.94. The van der Waals surface area contributed by atoms with Crippen LogP contribution < -0.4 is 10.5 Å². The molecule has 0 unspecified atom stereocenters. The molecule has 0 fully saturated rings. The third-order valence-electron chi connectivity index (χ3n) is 2.85. The Kier molecular flexibility index (Phi) is 4.17. The van der Waals surface area contributed by atoms with Gasteiger partial charge in [-0.2, -0.15) is 4.98 Å². The summed E-state index contributed by atoms with van der Waals surface area (Å²) in [6.07, 6.45) is 0. The highest BCUT2D eigenvalue weighted by Crippen LogP contribution is 2.31. The van der Waals surface area contributed by atoms with E-state index in [0.717, 1.165) is 14.9 Å². The maximum Gasteiger partial charge on any atom is 0.227 e. The Balaban J connectivity index is 2.46. The summed E-state index contributed by atoms with van der Waals surface area (Å²) in [5, 5.41) is 0. The number of ether oxygens (including phenoxy) is 1. The first-order valence-corrected chi connectivity index (χ1v) is 7.44. The van der Waals surface area contributed by atoms with Crippen molar-refractivity contribution < 1.29 is 4.74 Å². The fourth-order valence-electron chi connectivity index (χ4n) is 1.58. The Morgan fingerprint density at radius 3 is 2.40 bits per heavy atom. The van der Waals surface area contributed by atoms with Crippen molar-refractivity contribution in [1.29, 1.82) is 0 Å². The number of hydrogen-bond donors (Lipinski definition) is 1. The van der Waals surface area contributed by atoms with E-state index < -0.39 is 0 Å². The molecule has 0 saturated heterocycles. The minimum Gasteiger partial charge on any atom is -0.437 e. The number of halogens is 1. The first-order chi connectivity index (χ1) is 9.29. The van der Waals surface area contributed by atoms with Crippen molar-refractivity contribution in [1.82, 2.24) is 9.97 Å². The fraction of sp³-hybridized carbons (Fsp3) is 0.333. The Bertz CT molecular complexity index is 636. The molecular formula is C15H18IN3O. The highest BCUT2D eigenvalue weighted by molar-refractivity contribution is 14.1. The molecule has 0 aliphatic heterocycles. The number of benzene rings is 1. The van der Waals surface area contributed by atoms with Gasteiger partial charge in [0.25, 0.3) is 0 Å². The maximum absolute atomic E-state index is 5.98. The van der Waals surface area contributed by atoms with Crippen molar-refractivity contribution in [2.24, 2.45) is 0 Å². The Labute approximate surface area is 132 Å². The van der Waals surface area contributed by atoms with Gasteiger partial charge in [0.1, 0.15) is 17.4 Å². The summed E-state index contributed by atoms with van der Waals surface area (Å²) in [5.74, 6) is 2.44. The molecule has 1 aromatic carbocycles. The van der Waals surface area contributed by atoms with Crippen molar-refractivity contribution in [3.05, 3.63) is 39.2 Å². The van der Waals surface area contributed by atoms with E-state index in [1.165, 1.54) is 0 Å². The van der Waals surface area contributed by atoms with Crippen LogP contribution in [0.4, 0.5) is 5.82 Å². The summed E-state index contributed by atoms with van der Waals surface area (Å²) in [7, 11) is 0. The zero-order chi connectivity index (χ0) is 14.9. The summed E-state index contributed by atoms with van der Waals surface area (Å²) >= 11 is 2.23. The highest BCUT2D eigenvalue weighted by Gasteiger charge is 2.21. The molecule has 0 aliphatic rings. The van der Waals surface area contributed by atoms with Gasteiger partial charge in [-0.25, -0.2) is 4.98 Å². The summed E-state index contributed by atoms with van der Waals surface area (Å²) in [6.45, 7) is 8.01. The van der Waals surface area contributed by atoms with E-state index in [1.807, 2.05) is 52.0 Å². The molecule has 0 bridgehead atoms. The van der Waals surface area contributed by atoms with E-state index in [2.05, 4.69) is 32.6 Å². The van der Waals surface area contributed by atoms with E-state index in [0.29, 0.717) is 17.5 Å². The first-order valence-electron chi connectivity index (χ1n) is 6.36. The summed E-state index contributed by atoms with van der Waals surface area (Å²) in [4.78, 5) is 8.88. The number of nitrogens with zero attached hydrogens (tertiary/aromatic N) is 2. The van der Waals surface area contributed by atoms with Crippen LogP contribution in [-0.4, -0.2) is 9.97 Å². The number of rotatable bonds is 2. The average Bonchev–Trinajstić information content (AvgIpc) is 2.36. The van der Waals surface area contributed by atoms with E-state index >= 15 is 0 Å². The molecule has 20 heavy (non-hydrogen) atoms. The Morgan fingerprint density at radius 2 is 1.80 bits per heavy atom. The normalized spacial score (nSPS) is 11.4. The van der Waals surface area contributed by atoms with Gasteiger partial charge in [0.15, 0.2) is 0 Å². The number of anilines is 1. The van der Waals surface area contributed by atoms with Gasteiger partial charge in [-0.15, -0.1) is 0 Å². The lowest BCUT2D eigenvalue weighted by molar-refractivity contribution is 0.440. The van der Waals surface area contributed by atoms with E-state index in [9.17, 15) is 0 Å². The van der Waals surface area contributed by atoms with Crippen LogP contribution in [0, 0.1) is 10.5 Å². The highest BCUT2D eigenvalue weighted by atomic mass is 127. The number of nitrogens with two attached hydrogens (primary N) is 1. The minimum absolute atomic E-state index is 0.177. The molecule has 2 aromatic rings. The van der Waals surface area contributed by atoms with Gasteiger partial charge in [-0.3, -0.25) is 0 Å². The Morgan fingerprint density at radius 1 is 1.15 bits per heavy atom. The monoisotopic (exact) mass is 383 g/mol. The van der Waals surface area contributed by atoms with Gasteiger partial charge in [0.2, 0.25) is 5.88 Å². The molecule has 106 valence electrons. The number of aromatic nitrogens is 2. The molecule has 1 aromatic heterocycles. The third-order valence-corrected chi connectivity index (χ3v) is 3.74. The average molecular weight is 383 g/mol. The lowest BCUT2D eigenvalue weighted by Gasteiger charge is -2.19. The molecule has 4 nitrogen and oxygen atoms in total. The molecule has 2 N–H and O–H groups in total. The van der Waals surface area contributed by atoms with Crippen molar-refractivity contribution in [2.45, 2.75) is 33.1 Å². The van der Waals surface area contributed by atoms with Crippen LogP contribution in [0.25, 0.3) is 0 Å². The van der Waals surface area contributed by atoms with Gasteiger partial charge in [0.05, 0.1) is 9.13 Å². The second kappa shape index (κ2) is 5.55. The number of nitrogen functional groups attached to an aromatic ring is 1. The molecule has 0 amide bonds. The molecular weight excluding hydrogens is 365 g/mol. The molecule has 1 heterocycles. The summed E-state index contributed by atoms with van der Waals surface area (Å²) in [5.41, 5.74) is 6.56. The Hall–Kier alpha value is -1.37. The smallest absolute Gasteiger partial charge is 0.227 e. The lowest BCUT2D eigenvalue weighted by Crippen LogP contribution is -2.18. The van der Waals surface area contributed by atoms with Crippen LogP contribution in [0.5, 0.6) is 11.6 Å². The van der Waals surface area contributed by atoms with E-state index in [4.69, 9.17) is 10.5 Å². The zero-order valence-corrected chi connectivity index (χ0v) is 14.2. The third kappa shape index (κ3) is 3.20. The molecule has 0 spiro atoms. The largest absolute Gasteiger partial charge is 0.437 e. The number of hydrogen-bond acceptors (Lipinski definition) is 4.